The highest BCUT2D eigenvalue weighted by Gasteiger charge is 2.35. The van der Waals surface area contributed by atoms with Crippen molar-refractivity contribution in [1.29, 1.82) is 0 Å². The molecule has 1 heterocycles. The minimum atomic E-state index is -4.43. The predicted octanol–water partition coefficient (Wildman–Crippen LogP) is 7.02. The van der Waals surface area contributed by atoms with Gasteiger partial charge in [-0.25, -0.2) is 4.79 Å². The van der Waals surface area contributed by atoms with E-state index >= 15 is 0 Å². The van der Waals surface area contributed by atoms with Gasteiger partial charge in [-0.05, 0) is 72.7 Å². The van der Waals surface area contributed by atoms with Gasteiger partial charge >= 0.3 is 12.2 Å². The Kier molecular flexibility index (Phi) is 8.33. The third-order valence-corrected chi connectivity index (χ3v) is 7.47. The summed E-state index contributed by atoms with van der Waals surface area (Å²) in [5.41, 5.74) is 3.65. The Hall–Kier alpha value is -4.27. The number of aryl methyl sites for hydroxylation is 1. The summed E-state index contributed by atoms with van der Waals surface area (Å²) in [5, 5.41) is 3.99. The number of H-pyrrole nitrogens is 1. The average molecular weight is 563 g/mol. The number of hydrogen-bond acceptors (Lipinski definition) is 2. The van der Waals surface area contributed by atoms with Crippen molar-refractivity contribution >= 4 is 28.5 Å². The Morgan fingerprint density at radius 3 is 2.44 bits per heavy atom. The van der Waals surface area contributed by atoms with Crippen LogP contribution in [0.2, 0.25) is 0 Å². The summed E-state index contributed by atoms with van der Waals surface area (Å²) in [6, 6.07) is 20.0. The molecule has 2 N–H and O–H groups in total. The van der Waals surface area contributed by atoms with Crippen LogP contribution in [0.15, 0.2) is 79.0 Å². The summed E-state index contributed by atoms with van der Waals surface area (Å²) >= 11 is 0. The van der Waals surface area contributed by atoms with E-state index in [-0.39, 0.29) is 31.1 Å². The molecule has 1 fully saturated rings. The fraction of sp³-hybridized carbons (Fsp3) is 0.312. The van der Waals surface area contributed by atoms with E-state index in [0.29, 0.717) is 24.2 Å². The fourth-order valence-electron chi connectivity index (χ4n) is 4.97. The van der Waals surface area contributed by atoms with E-state index in [9.17, 15) is 22.8 Å². The van der Waals surface area contributed by atoms with Gasteiger partial charge in [0.05, 0.1) is 5.56 Å². The molecule has 1 aliphatic rings. The van der Waals surface area contributed by atoms with Crippen LogP contribution in [-0.2, 0) is 30.4 Å². The molecule has 3 aromatic carbocycles. The number of aromatic amines is 1. The monoisotopic (exact) mass is 562 g/mol. The number of alkyl halides is 3. The lowest BCUT2D eigenvalue weighted by Gasteiger charge is -2.28. The highest BCUT2D eigenvalue weighted by atomic mass is 19.4. The summed E-state index contributed by atoms with van der Waals surface area (Å²) in [5.74, 6) is -0.255. The first-order valence-corrected chi connectivity index (χ1v) is 13.9. The van der Waals surface area contributed by atoms with Crippen molar-refractivity contribution in [1.82, 2.24) is 14.8 Å². The lowest BCUT2D eigenvalue weighted by Crippen LogP contribution is -2.45. The van der Waals surface area contributed by atoms with Crippen LogP contribution in [0.4, 0.5) is 23.7 Å². The summed E-state index contributed by atoms with van der Waals surface area (Å²) in [7, 11) is 0. The molecule has 9 heteroatoms. The third kappa shape index (κ3) is 7.09. The largest absolute Gasteiger partial charge is 0.416 e. The smallest absolute Gasteiger partial charge is 0.361 e. The quantitative estimate of drug-likeness (QED) is 0.218. The number of fused-ring (bicyclic) bond motifs is 1. The van der Waals surface area contributed by atoms with Crippen molar-refractivity contribution in [3.63, 3.8) is 0 Å². The zero-order chi connectivity index (χ0) is 29.0. The molecule has 6 nitrogen and oxygen atoms in total. The van der Waals surface area contributed by atoms with Gasteiger partial charge in [0.15, 0.2) is 0 Å². The molecule has 3 amide bonds. The van der Waals surface area contributed by atoms with Crippen LogP contribution in [0, 0.1) is 0 Å². The van der Waals surface area contributed by atoms with E-state index in [0.717, 1.165) is 53.4 Å². The number of hydrogen-bond donors (Lipinski definition) is 2. The molecule has 0 bridgehead atoms. The van der Waals surface area contributed by atoms with Gasteiger partial charge in [-0.2, -0.15) is 13.2 Å². The summed E-state index contributed by atoms with van der Waals surface area (Å²) < 4.78 is 39.3. The Labute approximate surface area is 237 Å². The number of urea groups is 1. The van der Waals surface area contributed by atoms with E-state index in [1.165, 1.54) is 12.1 Å². The molecule has 214 valence electrons. The summed E-state index contributed by atoms with van der Waals surface area (Å²) in [6.45, 7) is 2.41. The first-order chi connectivity index (χ1) is 19.7. The maximum atomic E-state index is 13.7. The number of aromatic nitrogens is 1. The molecule has 4 aromatic rings. The van der Waals surface area contributed by atoms with Crippen molar-refractivity contribution < 1.29 is 22.8 Å². The van der Waals surface area contributed by atoms with Crippen LogP contribution < -0.4 is 5.32 Å². The van der Waals surface area contributed by atoms with Gasteiger partial charge in [-0.3, -0.25) is 4.79 Å². The van der Waals surface area contributed by atoms with Crippen molar-refractivity contribution in [3.8, 4) is 0 Å². The molecular weight excluding hydrogens is 529 g/mol. The molecule has 41 heavy (non-hydrogen) atoms. The lowest BCUT2D eigenvalue weighted by atomic mass is 10.1. The number of rotatable bonds is 10. The van der Waals surface area contributed by atoms with Crippen molar-refractivity contribution in [3.05, 3.63) is 101 Å². The molecular formula is C32H33F3N4O2. The number of benzene rings is 3. The maximum absolute atomic E-state index is 13.7. The molecule has 0 radical (unpaired) electrons. The topological polar surface area (TPSA) is 68.4 Å². The minimum Gasteiger partial charge on any atom is -0.361 e. The Balaban J connectivity index is 1.33. The van der Waals surface area contributed by atoms with Crippen LogP contribution in [0.3, 0.4) is 0 Å². The van der Waals surface area contributed by atoms with Gasteiger partial charge < -0.3 is 20.1 Å². The van der Waals surface area contributed by atoms with E-state index in [1.807, 2.05) is 61.7 Å². The number of nitrogens with one attached hydrogen (secondary N) is 2. The van der Waals surface area contributed by atoms with Gasteiger partial charge in [0, 0.05) is 41.9 Å². The van der Waals surface area contributed by atoms with Crippen LogP contribution in [0.1, 0.15) is 42.0 Å². The first-order valence-electron chi connectivity index (χ1n) is 13.9. The normalized spacial score (nSPS) is 13.3. The van der Waals surface area contributed by atoms with E-state index in [1.54, 1.807) is 9.80 Å². The molecule has 5 rings (SSSR count). The fourth-order valence-corrected chi connectivity index (χ4v) is 4.97. The SMILES string of the molecule is CCc1cccc(NC(=O)N(CC(=O)N(CCc2c[nH]c3ccccc23)Cc2ccc(C(F)(F)F)cc2)C2CC2)c1. The zero-order valence-corrected chi connectivity index (χ0v) is 22.9. The van der Waals surface area contributed by atoms with E-state index in [2.05, 4.69) is 10.3 Å². The van der Waals surface area contributed by atoms with Crippen LogP contribution in [-0.4, -0.2) is 45.9 Å². The number of halogens is 3. The van der Waals surface area contributed by atoms with Gasteiger partial charge in [-0.1, -0.05) is 49.4 Å². The molecule has 1 aliphatic carbocycles. The number of carbonyl (C=O) groups is 2. The van der Waals surface area contributed by atoms with Crippen molar-refractivity contribution in [2.45, 2.75) is 51.4 Å². The minimum absolute atomic E-state index is 0.0187. The third-order valence-electron chi connectivity index (χ3n) is 7.47. The Morgan fingerprint density at radius 2 is 1.73 bits per heavy atom. The highest BCUT2D eigenvalue weighted by molar-refractivity contribution is 5.93. The molecule has 0 atom stereocenters. The number of anilines is 1. The summed E-state index contributed by atoms with van der Waals surface area (Å²) in [4.78, 5) is 33.4. The van der Waals surface area contributed by atoms with Crippen molar-refractivity contribution in [2.75, 3.05) is 18.4 Å². The second-order valence-corrected chi connectivity index (χ2v) is 10.5. The molecule has 0 unspecified atom stereocenters. The first kappa shape index (κ1) is 28.3. The van der Waals surface area contributed by atoms with Crippen LogP contribution in [0.5, 0.6) is 0 Å². The van der Waals surface area contributed by atoms with Crippen molar-refractivity contribution in [2.24, 2.45) is 0 Å². The van der Waals surface area contributed by atoms with Gasteiger partial charge in [0.2, 0.25) is 5.91 Å². The molecule has 0 saturated heterocycles. The predicted molar refractivity (Wildman–Crippen MR) is 153 cm³/mol. The van der Waals surface area contributed by atoms with E-state index in [4.69, 9.17) is 0 Å². The van der Waals surface area contributed by atoms with Gasteiger partial charge in [0.25, 0.3) is 0 Å². The Morgan fingerprint density at radius 1 is 0.976 bits per heavy atom. The maximum Gasteiger partial charge on any atom is 0.416 e. The number of para-hydroxylation sites is 1. The number of carbonyl (C=O) groups excluding carboxylic acids is 2. The second-order valence-electron chi connectivity index (χ2n) is 10.5. The van der Waals surface area contributed by atoms with E-state index < -0.39 is 11.7 Å². The molecule has 1 saturated carbocycles. The Bertz CT molecular complexity index is 1510. The second kappa shape index (κ2) is 12.1. The average Bonchev–Trinajstić information content (AvgIpc) is 3.72. The highest BCUT2D eigenvalue weighted by Crippen LogP contribution is 2.30. The van der Waals surface area contributed by atoms with Gasteiger partial charge in [-0.15, -0.1) is 0 Å². The summed E-state index contributed by atoms with van der Waals surface area (Å²) in [6.07, 6.45) is 0.519. The standard InChI is InChI=1S/C32H33F3N4O2/c1-2-22-6-5-7-26(18-22)37-31(41)39(27-14-15-27)21-30(40)38(20-23-10-12-25(13-11-23)32(33,34)35)17-16-24-19-36-29-9-4-3-8-28(24)29/h3-13,18-19,27,36H,2,14-17,20-21H2,1H3,(H,37,41). The number of nitrogens with zero attached hydrogens (tertiary/aromatic N) is 2. The zero-order valence-electron chi connectivity index (χ0n) is 22.9. The number of amides is 3. The molecule has 1 aromatic heterocycles. The lowest BCUT2D eigenvalue weighted by molar-refractivity contribution is -0.137. The molecule has 0 spiro atoms. The van der Waals surface area contributed by atoms with Crippen LogP contribution in [0.25, 0.3) is 10.9 Å². The molecule has 0 aliphatic heterocycles. The van der Waals surface area contributed by atoms with Gasteiger partial charge in [0.1, 0.15) is 6.54 Å². The van der Waals surface area contributed by atoms with Crippen LogP contribution >= 0.6 is 0 Å².